The maximum atomic E-state index is 11.9. The number of likely N-dealkylation sites (N-methyl/N-ethyl adjacent to an activating group) is 1. The van der Waals surface area contributed by atoms with Crippen LogP contribution in [0.25, 0.3) is 6.08 Å². The van der Waals surface area contributed by atoms with Crippen molar-refractivity contribution in [3.63, 3.8) is 0 Å². The molecule has 0 aliphatic carbocycles. The van der Waals surface area contributed by atoms with Gasteiger partial charge in [-0.05, 0) is 6.08 Å². The molecule has 2 amide bonds. The van der Waals surface area contributed by atoms with Gasteiger partial charge in [0.05, 0.1) is 6.54 Å². The molecule has 1 aromatic rings. The molecule has 0 aromatic carbocycles. The minimum atomic E-state index is -0.234. The second kappa shape index (κ2) is 4.53. The lowest BCUT2D eigenvalue weighted by Crippen LogP contribution is -2.47. The first-order valence-electron chi connectivity index (χ1n) is 6.00. The molecular formula is C13H17N3O3. The highest BCUT2D eigenvalue weighted by Crippen LogP contribution is 2.26. The van der Waals surface area contributed by atoms with Gasteiger partial charge in [-0.25, -0.2) is 4.98 Å². The van der Waals surface area contributed by atoms with Gasteiger partial charge in [-0.2, -0.15) is 0 Å². The van der Waals surface area contributed by atoms with E-state index in [1.54, 1.807) is 13.1 Å². The fourth-order valence-corrected chi connectivity index (χ4v) is 1.89. The van der Waals surface area contributed by atoms with Crippen molar-refractivity contribution in [2.75, 3.05) is 13.6 Å². The highest BCUT2D eigenvalue weighted by Gasteiger charge is 2.27. The molecule has 0 radical (unpaired) electrons. The Morgan fingerprint density at radius 1 is 1.42 bits per heavy atom. The third-order valence-corrected chi connectivity index (χ3v) is 2.79. The van der Waals surface area contributed by atoms with Gasteiger partial charge in [0.1, 0.15) is 17.2 Å². The molecule has 102 valence electrons. The molecule has 2 heterocycles. The average Bonchev–Trinajstić information content (AvgIpc) is 2.73. The molecule has 2 rings (SSSR count). The normalized spacial score (nSPS) is 18.9. The Hall–Kier alpha value is -2.11. The molecule has 0 atom stereocenters. The van der Waals surface area contributed by atoms with Crippen molar-refractivity contribution in [3.05, 3.63) is 23.5 Å². The monoisotopic (exact) mass is 263 g/mol. The van der Waals surface area contributed by atoms with Crippen LogP contribution in [0, 0.1) is 0 Å². The first-order chi connectivity index (χ1) is 8.79. The van der Waals surface area contributed by atoms with Gasteiger partial charge in [-0.1, -0.05) is 20.8 Å². The Morgan fingerprint density at radius 3 is 2.74 bits per heavy atom. The third kappa shape index (κ3) is 2.67. The summed E-state index contributed by atoms with van der Waals surface area (Å²) >= 11 is 0. The van der Waals surface area contributed by atoms with Gasteiger partial charge in [0, 0.05) is 12.5 Å². The van der Waals surface area contributed by atoms with Crippen molar-refractivity contribution < 1.29 is 14.0 Å². The molecule has 0 bridgehead atoms. The van der Waals surface area contributed by atoms with Crippen LogP contribution >= 0.6 is 0 Å². The Bertz CT molecular complexity index is 552. The van der Waals surface area contributed by atoms with E-state index in [2.05, 4.69) is 10.3 Å². The molecule has 19 heavy (non-hydrogen) atoms. The number of oxazole rings is 1. The van der Waals surface area contributed by atoms with Crippen molar-refractivity contribution in [3.8, 4) is 0 Å². The van der Waals surface area contributed by atoms with Crippen LogP contribution in [0.2, 0.25) is 0 Å². The molecule has 1 aliphatic heterocycles. The van der Waals surface area contributed by atoms with E-state index < -0.39 is 0 Å². The number of carbonyl (C=O) groups is 2. The molecule has 0 unspecified atom stereocenters. The summed E-state index contributed by atoms with van der Waals surface area (Å²) in [5.74, 6) is 0.229. The number of hydrogen-bond acceptors (Lipinski definition) is 4. The van der Waals surface area contributed by atoms with Gasteiger partial charge < -0.3 is 14.6 Å². The number of nitrogens with one attached hydrogen (secondary N) is 1. The molecule has 1 N–H and O–H groups in total. The quantitative estimate of drug-likeness (QED) is 0.764. The topological polar surface area (TPSA) is 75.4 Å². The fraction of sp³-hybridized carbons (Fsp3) is 0.462. The number of carbonyl (C=O) groups excluding carboxylic acids is 2. The smallest absolute Gasteiger partial charge is 0.270 e. The highest BCUT2D eigenvalue weighted by molar-refractivity contribution is 6.05. The van der Waals surface area contributed by atoms with Gasteiger partial charge in [-0.15, -0.1) is 0 Å². The largest absolute Gasteiger partial charge is 0.447 e. The van der Waals surface area contributed by atoms with Crippen LogP contribution in [0.5, 0.6) is 0 Å². The summed E-state index contributed by atoms with van der Waals surface area (Å²) in [5, 5.41) is 2.56. The summed E-state index contributed by atoms with van der Waals surface area (Å²) in [6.45, 7) is 6.04. The van der Waals surface area contributed by atoms with Gasteiger partial charge in [0.2, 0.25) is 5.91 Å². The lowest BCUT2D eigenvalue weighted by molar-refractivity contribution is -0.135. The predicted octanol–water partition coefficient (Wildman–Crippen LogP) is 0.901. The molecule has 1 saturated heterocycles. The second-order valence-corrected chi connectivity index (χ2v) is 5.58. The molecule has 0 saturated carbocycles. The van der Waals surface area contributed by atoms with Gasteiger partial charge in [-0.3, -0.25) is 9.59 Å². The minimum absolute atomic E-state index is 0.0706. The van der Waals surface area contributed by atoms with E-state index in [0.29, 0.717) is 11.5 Å². The van der Waals surface area contributed by atoms with Crippen molar-refractivity contribution in [1.29, 1.82) is 0 Å². The molecule has 6 nitrogen and oxygen atoms in total. The Balaban J connectivity index is 2.38. The zero-order valence-electron chi connectivity index (χ0n) is 11.5. The highest BCUT2D eigenvalue weighted by atomic mass is 16.3. The summed E-state index contributed by atoms with van der Waals surface area (Å²) < 4.78 is 5.37. The Kier molecular flexibility index (Phi) is 3.18. The number of hydrogen-bond donors (Lipinski definition) is 1. The van der Waals surface area contributed by atoms with E-state index in [4.69, 9.17) is 4.42 Å². The predicted molar refractivity (Wildman–Crippen MR) is 69.0 cm³/mol. The maximum absolute atomic E-state index is 11.9. The lowest BCUT2D eigenvalue weighted by atomic mass is 9.91. The molecular weight excluding hydrogens is 246 g/mol. The SMILES string of the molecule is CN1CC(=O)N/C(=C\c2ncoc2C(C)(C)C)C1=O. The van der Waals surface area contributed by atoms with E-state index in [0.717, 1.165) is 0 Å². The number of aromatic nitrogens is 1. The molecule has 1 fully saturated rings. The van der Waals surface area contributed by atoms with Crippen LogP contribution in [0.4, 0.5) is 0 Å². The van der Waals surface area contributed by atoms with Crippen molar-refractivity contribution in [2.45, 2.75) is 26.2 Å². The first kappa shape index (κ1) is 13.3. The second-order valence-electron chi connectivity index (χ2n) is 5.58. The van der Waals surface area contributed by atoms with Crippen LogP contribution in [-0.4, -0.2) is 35.3 Å². The lowest BCUT2D eigenvalue weighted by Gasteiger charge is -2.24. The van der Waals surface area contributed by atoms with Gasteiger partial charge >= 0.3 is 0 Å². The van der Waals surface area contributed by atoms with Crippen LogP contribution in [0.15, 0.2) is 16.5 Å². The van der Waals surface area contributed by atoms with E-state index in [-0.39, 0.29) is 29.5 Å². The van der Waals surface area contributed by atoms with Crippen molar-refractivity contribution in [1.82, 2.24) is 15.2 Å². The van der Waals surface area contributed by atoms with E-state index >= 15 is 0 Å². The summed E-state index contributed by atoms with van der Waals surface area (Å²) in [7, 11) is 1.59. The number of amides is 2. The molecule has 0 spiro atoms. The number of piperazine rings is 1. The van der Waals surface area contributed by atoms with E-state index in [1.165, 1.54) is 11.3 Å². The van der Waals surface area contributed by atoms with E-state index in [9.17, 15) is 9.59 Å². The number of nitrogens with zero attached hydrogens (tertiary/aromatic N) is 2. The maximum Gasteiger partial charge on any atom is 0.270 e. The Morgan fingerprint density at radius 2 is 2.11 bits per heavy atom. The van der Waals surface area contributed by atoms with Crippen LogP contribution in [0.3, 0.4) is 0 Å². The minimum Gasteiger partial charge on any atom is -0.447 e. The average molecular weight is 263 g/mol. The first-order valence-corrected chi connectivity index (χ1v) is 6.00. The molecule has 1 aliphatic rings. The zero-order valence-corrected chi connectivity index (χ0v) is 11.5. The van der Waals surface area contributed by atoms with Gasteiger partial charge in [0.25, 0.3) is 5.91 Å². The summed E-state index contributed by atoms with van der Waals surface area (Å²) in [6, 6.07) is 0. The summed E-state index contributed by atoms with van der Waals surface area (Å²) in [6.07, 6.45) is 2.89. The standard InChI is InChI=1S/C13H17N3O3/c1-13(2,3)11-8(14-7-19-11)5-9-12(18)16(4)6-10(17)15-9/h5,7H,6H2,1-4H3,(H,15,17)/b9-5-. The number of rotatable bonds is 1. The fourth-order valence-electron chi connectivity index (χ4n) is 1.89. The summed E-state index contributed by atoms with van der Waals surface area (Å²) in [5.41, 5.74) is 0.556. The van der Waals surface area contributed by atoms with E-state index in [1.807, 2.05) is 20.8 Å². The van der Waals surface area contributed by atoms with Crippen LogP contribution in [0.1, 0.15) is 32.2 Å². The van der Waals surface area contributed by atoms with Crippen molar-refractivity contribution >= 4 is 17.9 Å². The van der Waals surface area contributed by atoms with Crippen molar-refractivity contribution in [2.24, 2.45) is 0 Å². The molecule has 6 heteroatoms. The van der Waals surface area contributed by atoms with Gasteiger partial charge in [0.15, 0.2) is 6.39 Å². The summed E-state index contributed by atoms with van der Waals surface area (Å²) in [4.78, 5) is 28.9. The Labute approximate surface area is 111 Å². The zero-order chi connectivity index (χ0) is 14.2. The van der Waals surface area contributed by atoms with Crippen LogP contribution < -0.4 is 5.32 Å². The molecule has 1 aromatic heterocycles. The third-order valence-electron chi connectivity index (χ3n) is 2.79. The van der Waals surface area contributed by atoms with Crippen LogP contribution in [-0.2, 0) is 15.0 Å².